The van der Waals surface area contributed by atoms with Crippen LogP contribution in [0.3, 0.4) is 0 Å². The van der Waals surface area contributed by atoms with Crippen LogP contribution in [-0.2, 0) is 26.2 Å². The van der Waals surface area contributed by atoms with Gasteiger partial charge in [-0.1, -0.05) is 40.0 Å². The maximum atomic E-state index is 3.49. The van der Waals surface area contributed by atoms with Crippen molar-refractivity contribution in [3.05, 3.63) is 22.8 Å². The van der Waals surface area contributed by atoms with Gasteiger partial charge in [0.1, 0.15) is 0 Å². The van der Waals surface area contributed by atoms with Gasteiger partial charge in [-0.25, -0.2) is 17.2 Å². The maximum absolute atomic E-state index is 3.49. The van der Waals surface area contributed by atoms with Crippen molar-refractivity contribution in [2.24, 2.45) is 0 Å². The minimum Gasteiger partial charge on any atom is -1.00 e. The Kier molecular flexibility index (Phi) is 15.2. The number of allylic oxidation sites excluding steroid dienone is 4. The fourth-order valence-electron chi connectivity index (χ4n) is 1.60. The molecule has 0 bridgehead atoms. The second-order valence-electron chi connectivity index (χ2n) is 3.05. The van der Waals surface area contributed by atoms with Gasteiger partial charge in [0.15, 0.2) is 0 Å². The number of halogens is 2. The number of rotatable bonds is 3. The van der Waals surface area contributed by atoms with Gasteiger partial charge in [-0.05, 0) is 0 Å². The first-order valence-corrected chi connectivity index (χ1v) is 4.64. The third kappa shape index (κ3) is 5.14. The summed E-state index contributed by atoms with van der Waals surface area (Å²) in [6.45, 7) is 6.68. The Morgan fingerprint density at radius 3 is 1.86 bits per heavy atom. The molecule has 0 aromatic heterocycles. The van der Waals surface area contributed by atoms with E-state index in [4.69, 9.17) is 0 Å². The molecule has 0 N–H and O–H groups in total. The monoisotopic (exact) mass is 309 g/mol. The van der Waals surface area contributed by atoms with Crippen LogP contribution in [0.5, 0.6) is 0 Å². The first-order valence-electron chi connectivity index (χ1n) is 4.64. The van der Waals surface area contributed by atoms with Gasteiger partial charge >= 0.3 is 26.2 Å². The first kappa shape index (κ1) is 20.4. The van der Waals surface area contributed by atoms with E-state index in [1.807, 2.05) is 0 Å². The standard InChI is InChI=1S/C11H17.2ClH.Zr/c1-4-9-7-10(5-2)11(6-3)8-9;;;/h4-7H2,1-3H3;2*1H;/q-1;;;+3/p-2. The molecule has 0 saturated heterocycles. The molecule has 0 spiro atoms. The predicted octanol–water partition coefficient (Wildman–Crippen LogP) is -2.35. The van der Waals surface area contributed by atoms with Crippen molar-refractivity contribution in [2.45, 2.75) is 46.5 Å². The Morgan fingerprint density at radius 1 is 1.00 bits per heavy atom. The summed E-state index contributed by atoms with van der Waals surface area (Å²) in [6, 6.07) is 0. The van der Waals surface area contributed by atoms with Crippen LogP contribution in [-0.4, -0.2) is 0 Å². The predicted molar refractivity (Wildman–Crippen MR) is 49.3 cm³/mol. The van der Waals surface area contributed by atoms with Gasteiger partial charge < -0.3 is 24.8 Å². The fraction of sp³-hybridized carbons (Fsp3) is 0.636. The number of hydrogen-bond acceptors (Lipinski definition) is 0. The van der Waals surface area contributed by atoms with Gasteiger partial charge in [0.05, 0.1) is 0 Å². The van der Waals surface area contributed by atoms with E-state index in [-0.39, 0.29) is 51.0 Å². The van der Waals surface area contributed by atoms with E-state index in [0.717, 1.165) is 6.42 Å². The van der Waals surface area contributed by atoms with Crippen molar-refractivity contribution in [3.63, 3.8) is 0 Å². The summed E-state index contributed by atoms with van der Waals surface area (Å²) < 4.78 is 0. The molecule has 1 rings (SSSR count). The Hall–Kier alpha value is 0.943. The molecule has 0 atom stereocenters. The summed E-state index contributed by atoms with van der Waals surface area (Å²) in [6.07, 6.45) is 8.23. The van der Waals surface area contributed by atoms with Crippen LogP contribution < -0.4 is 24.8 Å². The molecular weight excluding hydrogens is 294 g/mol. The van der Waals surface area contributed by atoms with E-state index < -0.39 is 0 Å². The molecule has 14 heavy (non-hydrogen) atoms. The van der Waals surface area contributed by atoms with E-state index in [0.29, 0.717) is 0 Å². The zero-order chi connectivity index (χ0) is 8.27. The molecule has 0 heterocycles. The second-order valence-corrected chi connectivity index (χ2v) is 3.05. The van der Waals surface area contributed by atoms with E-state index in [1.165, 1.54) is 30.4 Å². The Morgan fingerprint density at radius 2 is 1.57 bits per heavy atom. The molecule has 0 unspecified atom stereocenters. The molecule has 0 fully saturated rings. The van der Waals surface area contributed by atoms with Crippen LogP contribution >= 0.6 is 0 Å². The summed E-state index contributed by atoms with van der Waals surface area (Å²) in [5, 5.41) is 0. The summed E-state index contributed by atoms with van der Waals surface area (Å²) in [4.78, 5) is 0. The third-order valence-electron chi connectivity index (χ3n) is 2.39. The zero-order valence-corrected chi connectivity index (χ0v) is 13.1. The summed E-state index contributed by atoms with van der Waals surface area (Å²) in [5.74, 6) is 0. The van der Waals surface area contributed by atoms with E-state index >= 15 is 0 Å². The molecule has 0 amide bonds. The SMILES string of the molecule is CCC1=[C-]C(CC)=C(CC)C1.[Cl-].[Cl-].[Zr+3]. The van der Waals surface area contributed by atoms with Crippen molar-refractivity contribution in [1.29, 1.82) is 0 Å². The molecule has 1 radical (unpaired) electrons. The van der Waals surface area contributed by atoms with Crippen LogP contribution in [0.25, 0.3) is 0 Å². The van der Waals surface area contributed by atoms with Gasteiger partial charge in [-0.3, -0.25) is 0 Å². The fourth-order valence-corrected chi connectivity index (χ4v) is 1.60. The van der Waals surface area contributed by atoms with E-state index in [9.17, 15) is 0 Å². The van der Waals surface area contributed by atoms with Crippen molar-refractivity contribution in [1.82, 2.24) is 0 Å². The average molecular weight is 311 g/mol. The van der Waals surface area contributed by atoms with Crippen LogP contribution in [0.1, 0.15) is 46.5 Å². The maximum Gasteiger partial charge on any atom is 3.00 e. The average Bonchev–Trinajstić information content (AvgIpc) is 2.46. The van der Waals surface area contributed by atoms with Gasteiger partial charge in [0, 0.05) is 0 Å². The first-order chi connectivity index (χ1) is 5.31. The molecule has 0 aromatic rings. The van der Waals surface area contributed by atoms with Crippen LogP contribution in [0.15, 0.2) is 16.7 Å². The summed E-state index contributed by atoms with van der Waals surface area (Å²) in [5.41, 5.74) is 4.59. The van der Waals surface area contributed by atoms with Crippen LogP contribution in [0.2, 0.25) is 0 Å². The normalized spacial score (nSPS) is 13.8. The Bertz CT molecular complexity index is 207. The van der Waals surface area contributed by atoms with Crippen LogP contribution in [0, 0.1) is 6.08 Å². The molecule has 1 aliphatic carbocycles. The molecule has 0 aliphatic heterocycles. The molecule has 3 heteroatoms. The summed E-state index contributed by atoms with van der Waals surface area (Å²) >= 11 is 0. The molecule has 1 aliphatic rings. The van der Waals surface area contributed by atoms with Gasteiger partial charge in [0.25, 0.3) is 0 Å². The largest absolute Gasteiger partial charge is 3.00 e. The molecule has 0 nitrogen and oxygen atoms in total. The Balaban J connectivity index is -0.000000403. The third-order valence-corrected chi connectivity index (χ3v) is 2.39. The zero-order valence-electron chi connectivity index (χ0n) is 9.08. The van der Waals surface area contributed by atoms with Crippen molar-refractivity contribution in [2.75, 3.05) is 0 Å². The smallest absolute Gasteiger partial charge is 1.00 e. The topological polar surface area (TPSA) is 0 Å². The van der Waals surface area contributed by atoms with Gasteiger partial charge in [0.2, 0.25) is 0 Å². The van der Waals surface area contributed by atoms with Gasteiger partial charge in [-0.2, -0.15) is 5.57 Å². The summed E-state index contributed by atoms with van der Waals surface area (Å²) in [7, 11) is 0. The van der Waals surface area contributed by atoms with Crippen LogP contribution in [0.4, 0.5) is 0 Å². The molecule has 79 valence electrons. The number of hydrogen-bond donors (Lipinski definition) is 0. The van der Waals surface area contributed by atoms with E-state index in [1.54, 1.807) is 5.57 Å². The minimum absolute atomic E-state index is 0. The quantitative estimate of drug-likeness (QED) is 0.512. The second kappa shape index (κ2) is 10.5. The minimum atomic E-state index is 0. The molecule has 0 aromatic carbocycles. The van der Waals surface area contributed by atoms with Crippen molar-refractivity contribution < 1.29 is 51.0 Å². The van der Waals surface area contributed by atoms with Crippen molar-refractivity contribution in [3.8, 4) is 0 Å². The van der Waals surface area contributed by atoms with Gasteiger partial charge in [-0.15, -0.1) is 6.42 Å². The molecular formula is C11H17Cl2Zr. The Labute approximate surface area is 120 Å². The van der Waals surface area contributed by atoms with E-state index in [2.05, 4.69) is 26.8 Å². The molecule has 0 saturated carbocycles. The van der Waals surface area contributed by atoms with Crippen molar-refractivity contribution >= 4 is 0 Å².